The van der Waals surface area contributed by atoms with E-state index in [0.29, 0.717) is 22.0 Å². The van der Waals surface area contributed by atoms with Gasteiger partial charge in [-0.1, -0.05) is 29.8 Å². The van der Waals surface area contributed by atoms with Crippen LogP contribution in [-0.4, -0.2) is 36.9 Å². The molecule has 8 heteroatoms. The summed E-state index contributed by atoms with van der Waals surface area (Å²) in [6.45, 7) is 1.57. The van der Waals surface area contributed by atoms with Gasteiger partial charge in [-0.2, -0.15) is 0 Å². The lowest BCUT2D eigenvalue weighted by Crippen LogP contribution is -2.36. The number of benzene rings is 2. The van der Waals surface area contributed by atoms with Crippen molar-refractivity contribution in [2.24, 2.45) is 0 Å². The SMILES string of the molecule is Cc1c(Cl)cccc1NC(=O)CNC(=O)CNc1ccccc1C(=O)NC1CC1. The predicted octanol–water partition coefficient (Wildman–Crippen LogP) is 2.71. The second kappa shape index (κ2) is 9.43. The number of hydrogen-bond acceptors (Lipinski definition) is 4. The summed E-state index contributed by atoms with van der Waals surface area (Å²) in [6.07, 6.45) is 2.00. The largest absolute Gasteiger partial charge is 0.376 e. The average Bonchev–Trinajstić information content (AvgIpc) is 3.52. The summed E-state index contributed by atoms with van der Waals surface area (Å²) in [6, 6.07) is 12.5. The molecule has 0 atom stereocenters. The van der Waals surface area contributed by atoms with E-state index in [2.05, 4.69) is 21.3 Å². The summed E-state index contributed by atoms with van der Waals surface area (Å²) < 4.78 is 0. The monoisotopic (exact) mass is 414 g/mol. The number of carbonyl (C=O) groups excluding carboxylic acids is 3. The van der Waals surface area contributed by atoms with E-state index in [1.807, 2.05) is 0 Å². The second-order valence-electron chi connectivity index (χ2n) is 6.88. The van der Waals surface area contributed by atoms with Crippen LogP contribution in [0.15, 0.2) is 42.5 Å². The third kappa shape index (κ3) is 5.96. The highest BCUT2D eigenvalue weighted by Crippen LogP contribution is 2.23. The Bertz CT molecular complexity index is 928. The molecule has 4 N–H and O–H groups in total. The van der Waals surface area contributed by atoms with Gasteiger partial charge in [0.15, 0.2) is 0 Å². The maximum atomic E-state index is 12.3. The van der Waals surface area contributed by atoms with Crippen LogP contribution in [0.3, 0.4) is 0 Å². The molecule has 7 nitrogen and oxygen atoms in total. The molecule has 0 radical (unpaired) electrons. The molecule has 3 rings (SSSR count). The number of amides is 3. The van der Waals surface area contributed by atoms with Crippen LogP contribution in [0.25, 0.3) is 0 Å². The molecule has 0 aliphatic heterocycles. The number of para-hydroxylation sites is 1. The van der Waals surface area contributed by atoms with Crippen LogP contribution < -0.4 is 21.3 Å². The number of halogens is 1. The normalized spacial score (nSPS) is 12.8. The summed E-state index contributed by atoms with van der Waals surface area (Å²) in [5.41, 5.74) is 2.42. The Morgan fingerprint density at radius 3 is 2.45 bits per heavy atom. The van der Waals surface area contributed by atoms with E-state index in [0.717, 1.165) is 18.4 Å². The van der Waals surface area contributed by atoms with E-state index in [-0.39, 0.29) is 36.9 Å². The molecule has 152 valence electrons. The van der Waals surface area contributed by atoms with Crippen molar-refractivity contribution in [3.8, 4) is 0 Å². The first-order valence-corrected chi connectivity index (χ1v) is 9.77. The van der Waals surface area contributed by atoms with Gasteiger partial charge < -0.3 is 21.3 Å². The Morgan fingerprint density at radius 1 is 0.966 bits per heavy atom. The maximum absolute atomic E-state index is 12.3. The number of hydrogen-bond donors (Lipinski definition) is 4. The fourth-order valence-corrected chi connectivity index (χ4v) is 2.85. The van der Waals surface area contributed by atoms with E-state index in [9.17, 15) is 14.4 Å². The fourth-order valence-electron chi connectivity index (χ4n) is 2.68. The molecule has 1 aliphatic carbocycles. The van der Waals surface area contributed by atoms with Crippen molar-refractivity contribution >= 4 is 40.7 Å². The van der Waals surface area contributed by atoms with Gasteiger partial charge in [-0.25, -0.2) is 0 Å². The van der Waals surface area contributed by atoms with Gasteiger partial charge in [0.05, 0.1) is 18.7 Å². The van der Waals surface area contributed by atoms with Crippen molar-refractivity contribution in [3.63, 3.8) is 0 Å². The standard InChI is InChI=1S/C21H23ClN4O3/c1-13-16(22)6-4-8-17(13)26-20(28)12-24-19(27)11-23-18-7-3-2-5-15(18)21(29)25-14-9-10-14/h2-8,14,23H,9-12H2,1H3,(H,24,27)(H,25,29)(H,26,28). The second-order valence-corrected chi connectivity index (χ2v) is 7.29. The number of nitrogens with one attached hydrogen (secondary N) is 4. The van der Waals surface area contributed by atoms with Gasteiger partial charge in [-0.05, 0) is 49.6 Å². The van der Waals surface area contributed by atoms with Crippen LogP contribution >= 0.6 is 11.6 Å². The first kappa shape index (κ1) is 20.7. The van der Waals surface area contributed by atoms with Gasteiger partial charge in [0.1, 0.15) is 0 Å². The quantitative estimate of drug-likeness (QED) is 0.533. The highest BCUT2D eigenvalue weighted by atomic mass is 35.5. The topological polar surface area (TPSA) is 99.3 Å². The first-order valence-electron chi connectivity index (χ1n) is 9.39. The molecular formula is C21H23ClN4O3. The summed E-state index contributed by atoms with van der Waals surface area (Å²) in [7, 11) is 0. The van der Waals surface area contributed by atoms with Crippen LogP contribution in [0.5, 0.6) is 0 Å². The van der Waals surface area contributed by atoms with E-state index in [1.54, 1.807) is 49.4 Å². The number of carbonyl (C=O) groups is 3. The van der Waals surface area contributed by atoms with Crippen molar-refractivity contribution in [2.75, 3.05) is 23.7 Å². The molecule has 1 fully saturated rings. The van der Waals surface area contributed by atoms with Gasteiger partial charge in [0.2, 0.25) is 11.8 Å². The van der Waals surface area contributed by atoms with Gasteiger partial charge in [-0.3, -0.25) is 14.4 Å². The minimum atomic E-state index is -0.361. The van der Waals surface area contributed by atoms with Gasteiger partial charge in [0.25, 0.3) is 5.91 Å². The molecule has 2 aromatic carbocycles. The maximum Gasteiger partial charge on any atom is 0.253 e. The lowest BCUT2D eigenvalue weighted by molar-refractivity contribution is -0.122. The minimum absolute atomic E-state index is 0.0583. The molecule has 0 bridgehead atoms. The Kier molecular flexibility index (Phi) is 6.72. The van der Waals surface area contributed by atoms with Crippen molar-refractivity contribution in [2.45, 2.75) is 25.8 Å². The molecule has 0 heterocycles. The molecular weight excluding hydrogens is 392 g/mol. The summed E-state index contributed by atoms with van der Waals surface area (Å²) in [5.74, 6) is -0.874. The highest BCUT2D eigenvalue weighted by Gasteiger charge is 2.24. The van der Waals surface area contributed by atoms with Crippen LogP contribution in [-0.2, 0) is 9.59 Å². The van der Waals surface area contributed by atoms with Gasteiger partial charge >= 0.3 is 0 Å². The van der Waals surface area contributed by atoms with Crippen molar-refractivity contribution in [3.05, 3.63) is 58.6 Å². The third-order valence-corrected chi connectivity index (χ3v) is 4.92. The van der Waals surface area contributed by atoms with Crippen LogP contribution in [0.2, 0.25) is 5.02 Å². The van der Waals surface area contributed by atoms with Crippen LogP contribution in [0, 0.1) is 6.92 Å². The lowest BCUT2D eigenvalue weighted by atomic mass is 10.1. The van der Waals surface area contributed by atoms with Gasteiger partial charge in [0, 0.05) is 22.4 Å². The zero-order valence-corrected chi connectivity index (χ0v) is 16.8. The van der Waals surface area contributed by atoms with Gasteiger partial charge in [-0.15, -0.1) is 0 Å². The van der Waals surface area contributed by atoms with Crippen molar-refractivity contribution in [1.82, 2.24) is 10.6 Å². The minimum Gasteiger partial charge on any atom is -0.376 e. The van der Waals surface area contributed by atoms with Crippen LogP contribution in [0.4, 0.5) is 11.4 Å². The molecule has 2 aromatic rings. The molecule has 29 heavy (non-hydrogen) atoms. The zero-order valence-electron chi connectivity index (χ0n) is 16.0. The van der Waals surface area contributed by atoms with Crippen LogP contribution in [0.1, 0.15) is 28.8 Å². The van der Waals surface area contributed by atoms with E-state index >= 15 is 0 Å². The summed E-state index contributed by atoms with van der Waals surface area (Å²) >= 11 is 6.03. The predicted molar refractivity (Wildman–Crippen MR) is 113 cm³/mol. The molecule has 0 aromatic heterocycles. The highest BCUT2D eigenvalue weighted by molar-refractivity contribution is 6.31. The molecule has 0 unspecified atom stereocenters. The number of anilines is 2. The Balaban J connectivity index is 1.47. The van der Waals surface area contributed by atoms with Crippen molar-refractivity contribution < 1.29 is 14.4 Å². The first-order chi connectivity index (χ1) is 13.9. The molecule has 3 amide bonds. The summed E-state index contributed by atoms with van der Waals surface area (Å²) in [4.78, 5) is 36.4. The Hall–Kier alpha value is -3.06. The third-order valence-electron chi connectivity index (χ3n) is 4.51. The van der Waals surface area contributed by atoms with E-state index in [1.165, 1.54) is 0 Å². The number of rotatable bonds is 8. The molecule has 1 aliphatic rings. The average molecular weight is 415 g/mol. The van der Waals surface area contributed by atoms with E-state index in [4.69, 9.17) is 11.6 Å². The lowest BCUT2D eigenvalue weighted by Gasteiger charge is -2.13. The molecule has 0 spiro atoms. The summed E-state index contributed by atoms with van der Waals surface area (Å²) in [5, 5.41) is 11.7. The molecule has 0 saturated heterocycles. The van der Waals surface area contributed by atoms with Crippen molar-refractivity contribution in [1.29, 1.82) is 0 Å². The zero-order chi connectivity index (χ0) is 20.8. The fraction of sp³-hybridized carbons (Fsp3) is 0.286. The smallest absolute Gasteiger partial charge is 0.253 e. The molecule has 1 saturated carbocycles. The Morgan fingerprint density at radius 2 is 1.69 bits per heavy atom. The van der Waals surface area contributed by atoms with E-state index < -0.39 is 0 Å². The Labute approximate surface area is 174 Å².